The molecular weight excluding hydrogens is 210 g/mol. The number of nitrogens with one attached hydrogen (secondary N) is 1. The Labute approximate surface area is 94.2 Å². The van der Waals surface area contributed by atoms with Crippen molar-refractivity contribution in [3.63, 3.8) is 0 Å². The average molecular weight is 227 g/mol. The lowest BCUT2D eigenvalue weighted by molar-refractivity contribution is 0.184. The molecule has 1 heterocycles. The molecule has 0 spiro atoms. The Balaban J connectivity index is 1.90. The van der Waals surface area contributed by atoms with E-state index in [4.69, 9.17) is 4.74 Å². The monoisotopic (exact) mass is 227 g/mol. The summed E-state index contributed by atoms with van der Waals surface area (Å²) in [7, 11) is 1.72. The molecule has 1 unspecified atom stereocenters. The van der Waals surface area contributed by atoms with Gasteiger partial charge in [0.15, 0.2) is 0 Å². The Kier molecular flexibility index (Phi) is 3.53. The third-order valence-corrected chi connectivity index (χ3v) is 3.23. The Bertz CT molecular complexity index is 311. The van der Waals surface area contributed by atoms with Gasteiger partial charge in [-0.2, -0.15) is 4.37 Å². The molecule has 5 heteroatoms. The topological polar surface area (TPSA) is 47.0 Å². The first-order valence-corrected chi connectivity index (χ1v) is 6.20. The van der Waals surface area contributed by atoms with Crippen molar-refractivity contribution in [2.75, 3.05) is 19.0 Å². The number of aromatic nitrogens is 2. The fraction of sp³-hybridized carbons (Fsp3) is 0.800. The summed E-state index contributed by atoms with van der Waals surface area (Å²) >= 11 is 1.46. The maximum absolute atomic E-state index is 5.13. The SMILES string of the molecule is CCC(COC)Nc1nc(C2CC2)ns1. The van der Waals surface area contributed by atoms with Crippen molar-refractivity contribution < 1.29 is 4.74 Å². The molecule has 15 heavy (non-hydrogen) atoms. The number of methoxy groups -OCH3 is 1. The molecular formula is C10H17N3OS. The van der Waals surface area contributed by atoms with Crippen LogP contribution < -0.4 is 5.32 Å². The summed E-state index contributed by atoms with van der Waals surface area (Å²) in [6, 6.07) is 0.343. The molecule has 1 fully saturated rings. The summed E-state index contributed by atoms with van der Waals surface area (Å²) in [6.45, 7) is 2.86. The highest BCUT2D eigenvalue weighted by Crippen LogP contribution is 2.39. The fourth-order valence-electron chi connectivity index (χ4n) is 1.44. The lowest BCUT2D eigenvalue weighted by Gasteiger charge is -2.13. The van der Waals surface area contributed by atoms with Gasteiger partial charge >= 0.3 is 0 Å². The first-order valence-electron chi connectivity index (χ1n) is 5.42. The van der Waals surface area contributed by atoms with Crippen LogP contribution in [0.4, 0.5) is 5.13 Å². The van der Waals surface area contributed by atoms with Gasteiger partial charge < -0.3 is 10.1 Å². The second-order valence-corrected chi connectivity index (χ2v) is 4.69. The van der Waals surface area contributed by atoms with Crippen LogP contribution in [0.25, 0.3) is 0 Å². The van der Waals surface area contributed by atoms with Crippen LogP contribution >= 0.6 is 11.5 Å². The Hall–Kier alpha value is -0.680. The molecule has 0 radical (unpaired) electrons. The predicted octanol–water partition coefficient (Wildman–Crippen LogP) is 2.25. The highest BCUT2D eigenvalue weighted by atomic mass is 32.1. The van der Waals surface area contributed by atoms with Gasteiger partial charge in [-0.15, -0.1) is 0 Å². The molecule has 0 amide bonds. The highest BCUT2D eigenvalue weighted by molar-refractivity contribution is 7.09. The number of rotatable bonds is 6. The molecule has 2 rings (SSSR count). The lowest BCUT2D eigenvalue weighted by atomic mass is 10.2. The van der Waals surface area contributed by atoms with Gasteiger partial charge in [0.05, 0.1) is 12.6 Å². The smallest absolute Gasteiger partial charge is 0.202 e. The first-order chi connectivity index (χ1) is 7.33. The fourth-order valence-corrected chi connectivity index (χ4v) is 2.16. The van der Waals surface area contributed by atoms with Gasteiger partial charge in [0.25, 0.3) is 0 Å². The largest absolute Gasteiger partial charge is 0.383 e. The summed E-state index contributed by atoms with van der Waals surface area (Å²) in [4.78, 5) is 4.48. The van der Waals surface area contributed by atoms with Crippen LogP contribution in [0.2, 0.25) is 0 Å². The van der Waals surface area contributed by atoms with E-state index in [0.29, 0.717) is 12.0 Å². The van der Waals surface area contributed by atoms with Gasteiger partial charge in [0, 0.05) is 24.6 Å². The molecule has 0 saturated heterocycles. The second kappa shape index (κ2) is 4.90. The van der Waals surface area contributed by atoms with Gasteiger partial charge in [-0.3, -0.25) is 0 Å². The summed E-state index contributed by atoms with van der Waals surface area (Å²) in [6.07, 6.45) is 3.54. The van der Waals surface area contributed by atoms with Gasteiger partial charge in [-0.05, 0) is 19.3 Å². The van der Waals surface area contributed by atoms with Crippen LogP contribution in [0.15, 0.2) is 0 Å². The zero-order valence-corrected chi connectivity index (χ0v) is 10.0. The molecule has 1 aliphatic carbocycles. The number of hydrogen-bond donors (Lipinski definition) is 1. The minimum atomic E-state index is 0.343. The maximum atomic E-state index is 5.13. The van der Waals surface area contributed by atoms with Crippen molar-refractivity contribution >= 4 is 16.7 Å². The van der Waals surface area contributed by atoms with E-state index in [1.54, 1.807) is 7.11 Å². The van der Waals surface area contributed by atoms with Crippen LogP contribution in [0.3, 0.4) is 0 Å². The molecule has 0 bridgehead atoms. The van der Waals surface area contributed by atoms with Crippen molar-refractivity contribution in [2.45, 2.75) is 38.1 Å². The predicted molar refractivity (Wildman–Crippen MR) is 61.5 cm³/mol. The van der Waals surface area contributed by atoms with Crippen molar-refractivity contribution in [3.8, 4) is 0 Å². The zero-order chi connectivity index (χ0) is 10.7. The molecule has 1 aromatic rings. The van der Waals surface area contributed by atoms with E-state index in [0.717, 1.165) is 24.0 Å². The highest BCUT2D eigenvalue weighted by Gasteiger charge is 2.27. The Morgan fingerprint density at radius 1 is 1.60 bits per heavy atom. The summed E-state index contributed by atoms with van der Waals surface area (Å²) in [5.74, 6) is 1.66. The number of ether oxygens (including phenoxy) is 1. The second-order valence-electron chi connectivity index (χ2n) is 3.94. The number of anilines is 1. The molecule has 1 aromatic heterocycles. The van der Waals surface area contributed by atoms with Crippen LogP contribution in [0.5, 0.6) is 0 Å². The van der Waals surface area contributed by atoms with E-state index >= 15 is 0 Å². The van der Waals surface area contributed by atoms with Crippen molar-refractivity contribution in [1.29, 1.82) is 0 Å². The van der Waals surface area contributed by atoms with Gasteiger partial charge in [-0.1, -0.05) is 6.92 Å². The molecule has 1 N–H and O–H groups in total. The number of hydrogen-bond acceptors (Lipinski definition) is 5. The molecule has 1 aliphatic rings. The van der Waals surface area contributed by atoms with Crippen molar-refractivity contribution in [2.24, 2.45) is 0 Å². The zero-order valence-electron chi connectivity index (χ0n) is 9.19. The summed E-state index contributed by atoms with van der Waals surface area (Å²) in [5.41, 5.74) is 0. The van der Waals surface area contributed by atoms with Crippen molar-refractivity contribution in [1.82, 2.24) is 9.36 Å². The molecule has 0 aromatic carbocycles. The minimum absolute atomic E-state index is 0.343. The number of nitrogens with zero attached hydrogens (tertiary/aromatic N) is 2. The minimum Gasteiger partial charge on any atom is -0.383 e. The average Bonchev–Trinajstić information content (AvgIpc) is 2.99. The first kappa shape index (κ1) is 10.8. The standard InChI is InChI=1S/C10H17N3OS/c1-3-8(6-14-2)11-10-12-9(13-15-10)7-4-5-7/h7-8H,3-6H2,1-2H3,(H,11,12,13). The third kappa shape index (κ3) is 2.89. The van der Waals surface area contributed by atoms with E-state index in [1.807, 2.05) is 0 Å². The van der Waals surface area contributed by atoms with E-state index in [-0.39, 0.29) is 0 Å². The molecule has 0 aliphatic heterocycles. The van der Waals surface area contributed by atoms with Crippen LogP contribution in [0, 0.1) is 0 Å². The normalized spacial score (nSPS) is 17.7. The Morgan fingerprint density at radius 3 is 3.00 bits per heavy atom. The van der Waals surface area contributed by atoms with E-state index in [2.05, 4.69) is 21.6 Å². The third-order valence-electron chi connectivity index (χ3n) is 2.57. The van der Waals surface area contributed by atoms with Gasteiger partial charge in [0.2, 0.25) is 5.13 Å². The molecule has 4 nitrogen and oxygen atoms in total. The summed E-state index contributed by atoms with van der Waals surface area (Å²) < 4.78 is 9.48. The van der Waals surface area contributed by atoms with Crippen LogP contribution in [0.1, 0.15) is 37.9 Å². The van der Waals surface area contributed by atoms with E-state index in [1.165, 1.54) is 24.4 Å². The van der Waals surface area contributed by atoms with Gasteiger partial charge in [-0.25, -0.2) is 4.98 Å². The van der Waals surface area contributed by atoms with E-state index in [9.17, 15) is 0 Å². The Morgan fingerprint density at radius 2 is 2.40 bits per heavy atom. The maximum Gasteiger partial charge on any atom is 0.202 e. The van der Waals surface area contributed by atoms with Crippen LogP contribution in [-0.4, -0.2) is 29.1 Å². The van der Waals surface area contributed by atoms with Gasteiger partial charge in [0.1, 0.15) is 5.82 Å². The van der Waals surface area contributed by atoms with Crippen molar-refractivity contribution in [3.05, 3.63) is 5.82 Å². The quantitative estimate of drug-likeness (QED) is 0.809. The molecule has 1 atom stereocenters. The lowest BCUT2D eigenvalue weighted by Crippen LogP contribution is -2.23. The molecule has 1 saturated carbocycles. The summed E-state index contributed by atoms with van der Waals surface area (Å²) in [5, 5.41) is 4.28. The van der Waals surface area contributed by atoms with E-state index < -0.39 is 0 Å². The molecule has 84 valence electrons. The van der Waals surface area contributed by atoms with Crippen LogP contribution in [-0.2, 0) is 4.74 Å².